The van der Waals surface area contributed by atoms with E-state index in [2.05, 4.69) is 4.37 Å². The maximum atomic E-state index is 5.64. The lowest BCUT2D eigenvalue weighted by Crippen LogP contribution is -2.07. The molecule has 5 heteroatoms. The van der Waals surface area contributed by atoms with Gasteiger partial charge in [0.15, 0.2) is 5.82 Å². The van der Waals surface area contributed by atoms with Crippen LogP contribution in [0.1, 0.15) is 0 Å². The van der Waals surface area contributed by atoms with Gasteiger partial charge >= 0.3 is 0 Å². The monoisotopic (exact) mass is 189 g/mol. The van der Waals surface area contributed by atoms with Crippen molar-refractivity contribution in [3.8, 4) is 0 Å². The van der Waals surface area contributed by atoms with E-state index in [0.29, 0.717) is 5.82 Å². The minimum Gasteiger partial charge on any atom is -0.382 e. The molecule has 1 aromatic heterocycles. The van der Waals surface area contributed by atoms with Crippen molar-refractivity contribution in [3.63, 3.8) is 0 Å². The molecule has 0 aromatic carbocycles. The van der Waals surface area contributed by atoms with E-state index in [1.54, 1.807) is 11.8 Å². The van der Waals surface area contributed by atoms with Crippen molar-refractivity contribution in [2.75, 3.05) is 31.0 Å². The Kier molecular flexibility index (Phi) is 2.62. The fourth-order valence-corrected chi connectivity index (χ4v) is 2.42. The lowest BCUT2D eigenvalue weighted by Gasteiger charge is -2.09. The highest BCUT2D eigenvalue weighted by atomic mass is 32.2. The van der Waals surface area contributed by atoms with Gasteiger partial charge in [-0.15, -0.1) is 11.8 Å². The SMILES string of the molecule is CSc1c(N)nsc1N(C)C. The van der Waals surface area contributed by atoms with Gasteiger partial charge in [-0.05, 0) is 17.8 Å². The lowest BCUT2D eigenvalue weighted by atomic mass is 10.6. The zero-order chi connectivity index (χ0) is 8.43. The minimum absolute atomic E-state index is 0.645. The maximum Gasteiger partial charge on any atom is 0.153 e. The average Bonchev–Trinajstić information content (AvgIpc) is 2.30. The van der Waals surface area contributed by atoms with E-state index in [9.17, 15) is 0 Å². The molecular weight excluding hydrogens is 178 g/mol. The van der Waals surface area contributed by atoms with E-state index >= 15 is 0 Å². The Balaban J connectivity index is 3.05. The van der Waals surface area contributed by atoms with E-state index in [1.165, 1.54) is 11.5 Å². The second-order valence-electron chi connectivity index (χ2n) is 2.30. The Bertz CT molecular complexity index is 244. The molecule has 11 heavy (non-hydrogen) atoms. The van der Waals surface area contributed by atoms with Crippen LogP contribution in [0.5, 0.6) is 0 Å². The third-order valence-electron chi connectivity index (χ3n) is 1.27. The van der Waals surface area contributed by atoms with Gasteiger partial charge in [-0.2, -0.15) is 4.37 Å². The van der Waals surface area contributed by atoms with E-state index in [4.69, 9.17) is 5.73 Å². The number of nitrogens with two attached hydrogens (primary N) is 1. The smallest absolute Gasteiger partial charge is 0.153 e. The molecule has 62 valence electrons. The van der Waals surface area contributed by atoms with E-state index < -0.39 is 0 Å². The van der Waals surface area contributed by atoms with Crippen LogP contribution in [0.2, 0.25) is 0 Å². The molecule has 2 N–H and O–H groups in total. The molecule has 0 aliphatic carbocycles. The summed E-state index contributed by atoms with van der Waals surface area (Å²) in [6, 6.07) is 0. The Hall–Kier alpha value is -0.420. The molecule has 0 aliphatic rings. The van der Waals surface area contributed by atoms with Crippen molar-refractivity contribution >= 4 is 34.1 Å². The van der Waals surface area contributed by atoms with Gasteiger partial charge in [0.05, 0.1) is 4.90 Å². The van der Waals surface area contributed by atoms with Gasteiger partial charge in [0.25, 0.3) is 0 Å². The van der Waals surface area contributed by atoms with Crippen LogP contribution in [0.3, 0.4) is 0 Å². The molecule has 1 heterocycles. The topological polar surface area (TPSA) is 42.1 Å². The van der Waals surface area contributed by atoms with Crippen LogP contribution in [0.15, 0.2) is 4.90 Å². The number of hydrogen-bond acceptors (Lipinski definition) is 5. The Morgan fingerprint density at radius 1 is 1.55 bits per heavy atom. The van der Waals surface area contributed by atoms with Gasteiger partial charge in [0, 0.05) is 14.1 Å². The molecule has 0 radical (unpaired) electrons. The lowest BCUT2D eigenvalue weighted by molar-refractivity contribution is 1.13. The molecule has 0 unspecified atom stereocenters. The van der Waals surface area contributed by atoms with Crippen LogP contribution in [0.4, 0.5) is 10.8 Å². The van der Waals surface area contributed by atoms with Crippen LogP contribution in [0.25, 0.3) is 0 Å². The summed E-state index contributed by atoms with van der Waals surface area (Å²) in [5.74, 6) is 0.645. The van der Waals surface area contributed by atoms with Crippen molar-refractivity contribution in [1.82, 2.24) is 4.37 Å². The molecule has 0 amide bonds. The summed E-state index contributed by atoms with van der Waals surface area (Å²) >= 11 is 3.08. The second kappa shape index (κ2) is 3.32. The largest absolute Gasteiger partial charge is 0.382 e. The molecule has 0 saturated heterocycles. The zero-order valence-electron chi connectivity index (χ0n) is 6.79. The number of nitrogen functional groups attached to an aromatic ring is 1. The molecule has 3 nitrogen and oxygen atoms in total. The highest BCUT2D eigenvalue weighted by Crippen LogP contribution is 2.35. The average molecular weight is 189 g/mol. The number of anilines is 2. The molecule has 0 atom stereocenters. The number of hydrogen-bond donors (Lipinski definition) is 1. The molecule has 0 aliphatic heterocycles. The normalized spacial score (nSPS) is 10.1. The van der Waals surface area contributed by atoms with Gasteiger partial charge in [-0.25, -0.2) is 0 Å². The molecule has 0 saturated carbocycles. The van der Waals surface area contributed by atoms with Gasteiger partial charge in [0.2, 0.25) is 0 Å². The summed E-state index contributed by atoms with van der Waals surface area (Å²) in [5, 5.41) is 1.13. The van der Waals surface area contributed by atoms with Gasteiger partial charge in [-0.1, -0.05) is 0 Å². The summed E-state index contributed by atoms with van der Waals surface area (Å²) in [6.07, 6.45) is 2.01. The summed E-state index contributed by atoms with van der Waals surface area (Å²) in [6.45, 7) is 0. The first kappa shape index (κ1) is 8.67. The molecule has 0 spiro atoms. The van der Waals surface area contributed by atoms with Crippen LogP contribution in [-0.4, -0.2) is 24.7 Å². The van der Waals surface area contributed by atoms with Gasteiger partial charge < -0.3 is 10.6 Å². The van der Waals surface area contributed by atoms with E-state index in [1.807, 2.05) is 25.3 Å². The summed E-state index contributed by atoms with van der Waals surface area (Å²) < 4.78 is 4.07. The Morgan fingerprint density at radius 3 is 2.55 bits per heavy atom. The van der Waals surface area contributed by atoms with Gasteiger partial charge in [0.1, 0.15) is 5.00 Å². The number of aromatic nitrogens is 1. The molecule has 1 rings (SSSR count). The van der Waals surface area contributed by atoms with Crippen molar-refractivity contribution in [2.24, 2.45) is 0 Å². The zero-order valence-corrected chi connectivity index (χ0v) is 8.42. The fourth-order valence-electron chi connectivity index (χ4n) is 0.761. The molecule has 1 aromatic rings. The highest BCUT2D eigenvalue weighted by Gasteiger charge is 2.10. The van der Waals surface area contributed by atoms with Crippen LogP contribution < -0.4 is 10.6 Å². The second-order valence-corrected chi connectivity index (χ2v) is 3.87. The quantitative estimate of drug-likeness (QED) is 0.716. The van der Waals surface area contributed by atoms with Crippen molar-refractivity contribution in [1.29, 1.82) is 0 Å². The summed E-state index contributed by atoms with van der Waals surface area (Å²) in [7, 11) is 3.99. The van der Waals surface area contributed by atoms with Crippen LogP contribution in [-0.2, 0) is 0 Å². The predicted octanol–water partition coefficient (Wildman–Crippen LogP) is 1.51. The predicted molar refractivity (Wildman–Crippen MR) is 52.6 cm³/mol. The van der Waals surface area contributed by atoms with Gasteiger partial charge in [-0.3, -0.25) is 0 Å². The van der Waals surface area contributed by atoms with Crippen molar-refractivity contribution < 1.29 is 0 Å². The van der Waals surface area contributed by atoms with Crippen LogP contribution in [0, 0.1) is 0 Å². The first-order valence-corrected chi connectivity index (χ1v) is 5.13. The third-order valence-corrected chi connectivity index (χ3v) is 3.24. The van der Waals surface area contributed by atoms with Crippen molar-refractivity contribution in [2.45, 2.75) is 4.90 Å². The van der Waals surface area contributed by atoms with E-state index in [0.717, 1.165) is 9.90 Å². The van der Waals surface area contributed by atoms with Crippen LogP contribution >= 0.6 is 23.3 Å². The number of nitrogens with zero attached hydrogens (tertiary/aromatic N) is 2. The number of rotatable bonds is 2. The molecule has 0 fully saturated rings. The summed E-state index contributed by atoms with van der Waals surface area (Å²) in [5.41, 5.74) is 5.64. The minimum atomic E-state index is 0.645. The Labute approximate surface area is 74.8 Å². The first-order chi connectivity index (χ1) is 5.16. The van der Waals surface area contributed by atoms with E-state index in [-0.39, 0.29) is 0 Å². The fraction of sp³-hybridized carbons (Fsp3) is 0.500. The Morgan fingerprint density at radius 2 is 2.18 bits per heavy atom. The highest BCUT2D eigenvalue weighted by molar-refractivity contribution is 7.99. The molecular formula is C6H11N3S2. The number of thioether (sulfide) groups is 1. The summed E-state index contributed by atoms with van der Waals surface area (Å²) in [4.78, 5) is 3.11. The standard InChI is InChI=1S/C6H11N3S2/c1-9(2)6-4(10-3)5(7)8-11-6/h1-3H3,(H2,7,8). The van der Waals surface area contributed by atoms with Crippen molar-refractivity contribution in [3.05, 3.63) is 0 Å². The third kappa shape index (κ3) is 1.59. The first-order valence-electron chi connectivity index (χ1n) is 3.13. The maximum absolute atomic E-state index is 5.64. The molecule has 0 bridgehead atoms.